The van der Waals surface area contributed by atoms with Crippen LogP contribution in [0.5, 0.6) is 0 Å². The van der Waals surface area contributed by atoms with Gasteiger partial charge in [-0.05, 0) is 24.3 Å². The van der Waals surface area contributed by atoms with Crippen LogP contribution in [0.3, 0.4) is 0 Å². The summed E-state index contributed by atoms with van der Waals surface area (Å²) in [5, 5.41) is 0.384. The summed E-state index contributed by atoms with van der Waals surface area (Å²) < 4.78 is 1.95. The number of carbonyl (C=O) groups excluding carboxylic acids is 2. The van der Waals surface area contributed by atoms with Gasteiger partial charge in [-0.15, -0.1) is 12.4 Å². The van der Waals surface area contributed by atoms with Gasteiger partial charge >= 0.3 is 0 Å². The van der Waals surface area contributed by atoms with Crippen molar-refractivity contribution in [2.24, 2.45) is 5.73 Å². The quantitative estimate of drug-likeness (QED) is 0.390. The molecule has 0 atom stereocenters. The molecule has 33 heavy (non-hydrogen) atoms. The van der Waals surface area contributed by atoms with Gasteiger partial charge in [0.25, 0.3) is 0 Å². The number of ketones is 2. The van der Waals surface area contributed by atoms with Crippen molar-refractivity contribution >= 4 is 71.8 Å². The molecule has 4 fully saturated rings. The van der Waals surface area contributed by atoms with Crippen LogP contribution in [0.15, 0.2) is 57.5 Å². The van der Waals surface area contributed by atoms with Crippen molar-refractivity contribution < 1.29 is 9.59 Å². The second-order valence-electron chi connectivity index (χ2n) is 7.73. The summed E-state index contributed by atoms with van der Waals surface area (Å²) >= 11 is 9.68. The van der Waals surface area contributed by atoms with E-state index in [9.17, 15) is 9.59 Å². The lowest BCUT2D eigenvalue weighted by Gasteiger charge is -2.56. The first-order valence-electron chi connectivity index (χ1n) is 10.1. The minimum Gasteiger partial charge on any atom is -0.324 e. The van der Waals surface area contributed by atoms with E-state index in [-0.39, 0.29) is 30.5 Å². The first-order chi connectivity index (χ1) is 15.4. The molecule has 11 heteroatoms. The Kier molecular flexibility index (Phi) is 12.1. The number of rotatable bonds is 4. The van der Waals surface area contributed by atoms with Crippen molar-refractivity contribution in [3.8, 4) is 0 Å². The third kappa shape index (κ3) is 8.79. The number of alkyl halides is 1. The van der Waals surface area contributed by atoms with Crippen LogP contribution in [0.2, 0.25) is 0 Å². The zero-order valence-corrected chi connectivity index (χ0v) is 23.6. The molecule has 0 amide bonds. The van der Waals surface area contributed by atoms with E-state index >= 15 is 0 Å². The van der Waals surface area contributed by atoms with E-state index in [1.807, 2.05) is 24.3 Å². The average Bonchev–Trinajstić information content (AvgIpc) is 2.79. The molecular formula is C22H27Br3ClN5O2. The summed E-state index contributed by atoms with van der Waals surface area (Å²) in [6, 6.07) is 14.5. The Labute approximate surface area is 226 Å². The lowest BCUT2D eigenvalue weighted by Crippen LogP contribution is -2.71. The van der Waals surface area contributed by atoms with Crippen LogP contribution in [-0.4, -0.2) is 83.1 Å². The third-order valence-electron chi connectivity index (χ3n) is 5.04. The highest BCUT2D eigenvalue weighted by Gasteiger charge is 2.36. The van der Waals surface area contributed by atoms with Crippen LogP contribution in [-0.2, 0) is 0 Å². The Hall–Kier alpha value is -0.690. The monoisotopic (exact) mass is 665 g/mol. The second-order valence-corrected chi connectivity index (χ2v) is 10.1. The van der Waals surface area contributed by atoms with E-state index in [2.05, 4.69) is 67.4 Å². The normalized spacial score (nSPS) is 23.9. The fraction of sp³-hybridized carbons (Fsp3) is 0.364. The molecule has 0 saturated carbocycles. The first kappa shape index (κ1) is 28.5. The number of nitrogens with zero attached hydrogens (tertiary/aromatic N) is 4. The van der Waals surface area contributed by atoms with Crippen molar-refractivity contribution in [2.45, 2.75) is 0 Å². The number of hydrogen-bond acceptors (Lipinski definition) is 7. The summed E-state index contributed by atoms with van der Waals surface area (Å²) in [4.78, 5) is 31.9. The van der Waals surface area contributed by atoms with E-state index in [1.165, 1.54) is 40.0 Å². The Bertz CT molecular complexity index is 801. The van der Waals surface area contributed by atoms with Crippen molar-refractivity contribution in [3.63, 3.8) is 0 Å². The number of benzene rings is 2. The molecule has 0 aromatic heterocycles. The highest BCUT2D eigenvalue weighted by atomic mass is 79.9. The molecule has 6 rings (SSSR count). The molecular weight excluding hydrogens is 641 g/mol. The van der Waals surface area contributed by atoms with Crippen LogP contribution in [0, 0.1) is 0 Å². The predicted molar refractivity (Wildman–Crippen MR) is 144 cm³/mol. The number of nitrogens with two attached hydrogens (primary N) is 1. The summed E-state index contributed by atoms with van der Waals surface area (Å²) in [5.41, 5.74) is 6.58. The maximum Gasteiger partial charge on any atom is 0.176 e. The fourth-order valence-corrected chi connectivity index (χ4v) is 4.55. The van der Waals surface area contributed by atoms with Crippen LogP contribution >= 0.6 is 60.2 Å². The number of carbonyl (C=O) groups is 2. The summed E-state index contributed by atoms with van der Waals surface area (Å²) in [7, 11) is 0. The maximum atomic E-state index is 11.1. The molecule has 4 aliphatic rings. The van der Waals surface area contributed by atoms with Crippen molar-refractivity contribution in [3.05, 3.63) is 68.6 Å². The Morgan fingerprint density at radius 3 is 1.24 bits per heavy atom. The molecule has 4 bridgehead atoms. The van der Waals surface area contributed by atoms with Gasteiger partial charge in [0.05, 0.1) is 51.9 Å². The van der Waals surface area contributed by atoms with Crippen LogP contribution in [0.25, 0.3) is 0 Å². The number of hydrogen-bond donors (Lipinski definition) is 1. The highest BCUT2D eigenvalue weighted by molar-refractivity contribution is 9.10. The summed E-state index contributed by atoms with van der Waals surface area (Å²) in [5.74, 6) is 0.0787. The molecule has 180 valence electrons. The zero-order chi connectivity index (χ0) is 23.1. The van der Waals surface area contributed by atoms with Gasteiger partial charge in [-0.2, -0.15) is 0 Å². The Morgan fingerprint density at radius 1 is 0.667 bits per heavy atom. The average molecular weight is 669 g/mol. The molecule has 7 nitrogen and oxygen atoms in total. The highest BCUT2D eigenvalue weighted by Crippen LogP contribution is 2.20. The van der Waals surface area contributed by atoms with Crippen molar-refractivity contribution in [2.75, 3.05) is 51.9 Å². The fourth-order valence-electron chi connectivity index (χ4n) is 3.70. The SMILES string of the molecule is C1N2CN3CN1CN(C2)C3.Cl.NCC(=O)c1ccc(Br)cc1.O=C(CBr)c1ccc(Br)cc1. The molecule has 0 aliphatic carbocycles. The van der Waals surface area contributed by atoms with Gasteiger partial charge in [-0.3, -0.25) is 29.2 Å². The van der Waals surface area contributed by atoms with Gasteiger partial charge in [-0.1, -0.05) is 72.1 Å². The van der Waals surface area contributed by atoms with E-state index in [1.54, 1.807) is 24.3 Å². The minimum atomic E-state index is -0.0301. The van der Waals surface area contributed by atoms with Gasteiger partial charge < -0.3 is 5.73 Å². The van der Waals surface area contributed by atoms with Crippen molar-refractivity contribution in [1.82, 2.24) is 19.6 Å². The molecule has 0 unspecified atom stereocenters. The Balaban J connectivity index is 0.000000172. The van der Waals surface area contributed by atoms with Gasteiger partial charge in [0.15, 0.2) is 11.6 Å². The van der Waals surface area contributed by atoms with Gasteiger partial charge in [-0.25, -0.2) is 0 Å². The summed E-state index contributed by atoms with van der Waals surface area (Å²) in [6.07, 6.45) is 0. The zero-order valence-electron chi connectivity index (χ0n) is 18.0. The smallest absolute Gasteiger partial charge is 0.176 e. The molecule has 4 aliphatic heterocycles. The lowest BCUT2D eigenvalue weighted by molar-refractivity contribution is -0.194. The molecule has 4 saturated heterocycles. The lowest BCUT2D eigenvalue weighted by atomic mass is 10.1. The van der Waals surface area contributed by atoms with Crippen LogP contribution in [0.1, 0.15) is 20.7 Å². The third-order valence-corrected chi connectivity index (χ3v) is 6.61. The number of Topliss-reactive ketones (excluding diaryl/α,β-unsaturated/α-hetero) is 2. The standard InChI is InChI=1S/C8H6Br2O.C8H8BrNO.C6H12N4.ClH/c9-5-8(11)6-1-3-7(10)4-2-6;9-7-3-1-6(2-4-7)8(11)5-10;1-7-2-9-4-8(1)5-10(3-7)6-9;/h1-4H,5H2;1-4H,5,10H2;1-6H2;1H. The summed E-state index contributed by atoms with van der Waals surface area (Å²) in [6.45, 7) is 7.20. The first-order valence-corrected chi connectivity index (χ1v) is 12.8. The molecule has 2 aromatic rings. The molecule has 2 aromatic carbocycles. The van der Waals surface area contributed by atoms with Gasteiger partial charge in [0.2, 0.25) is 0 Å². The van der Waals surface area contributed by atoms with Gasteiger partial charge in [0.1, 0.15) is 0 Å². The van der Waals surface area contributed by atoms with Crippen LogP contribution < -0.4 is 5.73 Å². The largest absolute Gasteiger partial charge is 0.324 e. The maximum absolute atomic E-state index is 11.1. The minimum absolute atomic E-state index is 0. The van der Waals surface area contributed by atoms with E-state index in [4.69, 9.17) is 5.73 Å². The molecule has 2 N–H and O–H groups in total. The van der Waals surface area contributed by atoms with E-state index < -0.39 is 0 Å². The molecule has 0 spiro atoms. The van der Waals surface area contributed by atoms with Crippen LogP contribution in [0.4, 0.5) is 0 Å². The van der Waals surface area contributed by atoms with E-state index in [0.717, 1.165) is 14.5 Å². The van der Waals surface area contributed by atoms with Gasteiger partial charge in [0, 0.05) is 20.1 Å². The molecule has 4 heterocycles. The molecule has 0 radical (unpaired) electrons. The van der Waals surface area contributed by atoms with Crippen molar-refractivity contribution in [1.29, 1.82) is 0 Å². The predicted octanol–water partition coefficient (Wildman–Crippen LogP) is 4.02. The Morgan fingerprint density at radius 2 is 0.970 bits per heavy atom. The topological polar surface area (TPSA) is 73.1 Å². The van der Waals surface area contributed by atoms with E-state index in [0.29, 0.717) is 10.9 Å². The second kappa shape index (κ2) is 14.0. The number of halogens is 4.